The topological polar surface area (TPSA) is 48.5 Å². The summed E-state index contributed by atoms with van der Waals surface area (Å²) in [5.74, 6) is 1.08. The van der Waals surface area contributed by atoms with E-state index in [2.05, 4.69) is 50.8 Å². The van der Waals surface area contributed by atoms with Gasteiger partial charge in [-0.25, -0.2) is 9.97 Å². The minimum Gasteiger partial charge on any atom is -0.329 e. The number of benzene rings is 1. The maximum Gasteiger partial charge on any atom is 0.108 e. The average Bonchev–Trinajstić information content (AvgIpc) is 3.24. The fraction of sp³-hybridized carbons (Fsp3) is 0.167. The largest absolute Gasteiger partial charge is 0.329 e. The molecule has 0 radical (unpaired) electrons. The molecule has 3 heterocycles. The Kier molecular flexibility index (Phi) is 3.38. The molecule has 0 fully saturated rings. The number of para-hydroxylation sites is 1. The minimum absolute atomic E-state index is 0.731. The minimum atomic E-state index is 0.731. The molecule has 3 aromatic heterocycles. The van der Waals surface area contributed by atoms with Crippen LogP contribution < -0.4 is 0 Å². The quantitative estimate of drug-likeness (QED) is 0.581. The predicted octanol–water partition coefficient (Wildman–Crippen LogP) is 3.23. The number of hydrogen-bond donors (Lipinski definition) is 0. The SMILES string of the molecule is CCc1nccn1Cc1cn(-c2cccc3cccnc23)cn1. The third-order valence-corrected chi connectivity index (χ3v) is 3.98. The van der Waals surface area contributed by atoms with Crippen molar-refractivity contribution >= 4 is 10.9 Å². The second kappa shape index (κ2) is 5.68. The van der Waals surface area contributed by atoms with Crippen LogP contribution in [0.2, 0.25) is 0 Å². The van der Waals surface area contributed by atoms with Gasteiger partial charge in [-0.1, -0.05) is 25.1 Å². The van der Waals surface area contributed by atoms with Crippen molar-refractivity contribution in [3.63, 3.8) is 0 Å². The van der Waals surface area contributed by atoms with Crippen molar-refractivity contribution in [3.8, 4) is 5.69 Å². The van der Waals surface area contributed by atoms with Crippen LogP contribution in [-0.4, -0.2) is 24.1 Å². The Morgan fingerprint density at radius 3 is 2.83 bits per heavy atom. The van der Waals surface area contributed by atoms with Crippen molar-refractivity contribution < 1.29 is 0 Å². The Morgan fingerprint density at radius 2 is 1.91 bits per heavy atom. The first kappa shape index (κ1) is 13.7. The molecule has 5 nitrogen and oxygen atoms in total. The molecular formula is C18H17N5. The normalized spacial score (nSPS) is 11.2. The van der Waals surface area contributed by atoms with Crippen LogP contribution in [0.3, 0.4) is 0 Å². The standard InChI is InChI=1S/C18H17N5/c1-2-17-19-9-10-22(17)11-15-12-23(13-21-15)16-7-3-5-14-6-4-8-20-18(14)16/h3-10,12-13H,2,11H2,1H3. The molecule has 0 spiro atoms. The Labute approximate surface area is 134 Å². The first-order valence-corrected chi connectivity index (χ1v) is 7.72. The van der Waals surface area contributed by atoms with Gasteiger partial charge in [-0.3, -0.25) is 4.98 Å². The number of imidazole rings is 2. The maximum absolute atomic E-state index is 4.54. The highest BCUT2D eigenvalue weighted by Crippen LogP contribution is 2.20. The first-order chi connectivity index (χ1) is 11.3. The van der Waals surface area contributed by atoms with Gasteiger partial charge in [0.25, 0.3) is 0 Å². The van der Waals surface area contributed by atoms with E-state index in [4.69, 9.17) is 0 Å². The van der Waals surface area contributed by atoms with Gasteiger partial charge in [0.1, 0.15) is 5.82 Å². The zero-order chi connectivity index (χ0) is 15.6. The first-order valence-electron chi connectivity index (χ1n) is 7.72. The lowest BCUT2D eigenvalue weighted by Crippen LogP contribution is -2.03. The molecule has 23 heavy (non-hydrogen) atoms. The number of aryl methyl sites for hydroxylation is 1. The molecule has 0 atom stereocenters. The Bertz CT molecular complexity index is 945. The van der Waals surface area contributed by atoms with Crippen LogP contribution in [0.25, 0.3) is 16.6 Å². The number of aromatic nitrogens is 5. The van der Waals surface area contributed by atoms with Gasteiger partial charge in [-0.05, 0) is 12.1 Å². The van der Waals surface area contributed by atoms with Gasteiger partial charge >= 0.3 is 0 Å². The lowest BCUT2D eigenvalue weighted by atomic mass is 10.2. The Balaban J connectivity index is 1.70. The van der Waals surface area contributed by atoms with Crippen molar-refractivity contribution in [2.75, 3.05) is 0 Å². The second-order valence-corrected chi connectivity index (χ2v) is 5.45. The van der Waals surface area contributed by atoms with E-state index in [-0.39, 0.29) is 0 Å². The van der Waals surface area contributed by atoms with Crippen molar-refractivity contribution in [1.29, 1.82) is 0 Å². The fourth-order valence-corrected chi connectivity index (χ4v) is 2.85. The highest BCUT2D eigenvalue weighted by Gasteiger charge is 2.07. The molecule has 5 heteroatoms. The van der Waals surface area contributed by atoms with E-state index in [1.807, 2.05) is 41.6 Å². The highest BCUT2D eigenvalue weighted by molar-refractivity contribution is 5.86. The van der Waals surface area contributed by atoms with Crippen LogP contribution in [0.5, 0.6) is 0 Å². The number of nitrogens with zero attached hydrogens (tertiary/aromatic N) is 5. The van der Waals surface area contributed by atoms with E-state index in [0.717, 1.165) is 41.1 Å². The molecular weight excluding hydrogens is 286 g/mol. The number of fused-ring (bicyclic) bond motifs is 1. The molecule has 0 aliphatic rings. The molecule has 0 saturated carbocycles. The molecule has 0 aliphatic carbocycles. The Hall–Kier alpha value is -2.95. The van der Waals surface area contributed by atoms with Crippen LogP contribution >= 0.6 is 0 Å². The molecule has 0 bridgehead atoms. The van der Waals surface area contributed by atoms with Gasteiger partial charge in [0.2, 0.25) is 0 Å². The van der Waals surface area contributed by atoms with Gasteiger partial charge in [0, 0.05) is 36.6 Å². The summed E-state index contributed by atoms with van der Waals surface area (Å²) in [5, 5.41) is 1.13. The van der Waals surface area contributed by atoms with E-state index in [1.54, 1.807) is 0 Å². The van der Waals surface area contributed by atoms with Crippen molar-refractivity contribution in [1.82, 2.24) is 24.1 Å². The van der Waals surface area contributed by atoms with E-state index >= 15 is 0 Å². The molecule has 0 N–H and O–H groups in total. The summed E-state index contributed by atoms with van der Waals surface area (Å²) >= 11 is 0. The van der Waals surface area contributed by atoms with Crippen LogP contribution in [0.15, 0.2) is 61.4 Å². The molecule has 4 rings (SSSR count). The molecule has 0 saturated heterocycles. The van der Waals surface area contributed by atoms with Crippen LogP contribution in [0.1, 0.15) is 18.4 Å². The summed E-state index contributed by atoms with van der Waals surface area (Å²) in [6, 6.07) is 10.2. The fourth-order valence-electron chi connectivity index (χ4n) is 2.85. The van der Waals surface area contributed by atoms with E-state index in [1.165, 1.54) is 0 Å². The summed E-state index contributed by atoms with van der Waals surface area (Å²) in [4.78, 5) is 13.4. The smallest absolute Gasteiger partial charge is 0.108 e. The van der Waals surface area contributed by atoms with E-state index in [9.17, 15) is 0 Å². The molecule has 114 valence electrons. The zero-order valence-electron chi connectivity index (χ0n) is 12.9. The highest BCUT2D eigenvalue weighted by atomic mass is 15.1. The summed E-state index contributed by atoms with van der Waals surface area (Å²) in [7, 11) is 0. The van der Waals surface area contributed by atoms with Crippen LogP contribution in [0.4, 0.5) is 0 Å². The Morgan fingerprint density at radius 1 is 1.00 bits per heavy atom. The summed E-state index contributed by atoms with van der Waals surface area (Å²) < 4.78 is 4.17. The third-order valence-electron chi connectivity index (χ3n) is 3.98. The van der Waals surface area contributed by atoms with E-state index < -0.39 is 0 Å². The van der Waals surface area contributed by atoms with Crippen molar-refractivity contribution in [2.45, 2.75) is 19.9 Å². The van der Waals surface area contributed by atoms with Gasteiger partial charge in [-0.2, -0.15) is 0 Å². The van der Waals surface area contributed by atoms with Crippen molar-refractivity contribution in [2.24, 2.45) is 0 Å². The van der Waals surface area contributed by atoms with Gasteiger partial charge in [-0.15, -0.1) is 0 Å². The molecule has 0 aliphatic heterocycles. The summed E-state index contributed by atoms with van der Waals surface area (Å²) in [6.07, 6.45) is 10.5. The number of hydrogen-bond acceptors (Lipinski definition) is 3. The summed E-state index contributed by atoms with van der Waals surface area (Å²) in [5.41, 5.74) is 3.03. The third kappa shape index (κ3) is 2.50. The van der Waals surface area contributed by atoms with Gasteiger partial charge in [0.15, 0.2) is 0 Å². The number of rotatable bonds is 4. The van der Waals surface area contributed by atoms with E-state index in [0.29, 0.717) is 0 Å². The predicted molar refractivity (Wildman–Crippen MR) is 89.6 cm³/mol. The molecule has 0 amide bonds. The van der Waals surface area contributed by atoms with Gasteiger partial charge < -0.3 is 9.13 Å². The zero-order valence-corrected chi connectivity index (χ0v) is 12.9. The van der Waals surface area contributed by atoms with Gasteiger partial charge in [0.05, 0.1) is 29.8 Å². The molecule has 4 aromatic rings. The second-order valence-electron chi connectivity index (χ2n) is 5.45. The lowest BCUT2D eigenvalue weighted by Gasteiger charge is -2.06. The molecule has 0 unspecified atom stereocenters. The average molecular weight is 303 g/mol. The van der Waals surface area contributed by atoms with Crippen LogP contribution in [0, 0.1) is 0 Å². The molecule has 1 aromatic carbocycles. The monoisotopic (exact) mass is 303 g/mol. The van der Waals surface area contributed by atoms with Crippen LogP contribution in [-0.2, 0) is 13.0 Å². The summed E-state index contributed by atoms with van der Waals surface area (Å²) in [6.45, 7) is 2.84. The lowest BCUT2D eigenvalue weighted by molar-refractivity contribution is 0.719. The maximum atomic E-state index is 4.54. The number of pyridine rings is 1. The van der Waals surface area contributed by atoms with Crippen molar-refractivity contribution in [3.05, 3.63) is 73.0 Å².